The molecule has 2 aromatic heterocycles. The van der Waals surface area contributed by atoms with E-state index in [9.17, 15) is 14.0 Å². The van der Waals surface area contributed by atoms with Gasteiger partial charge in [-0.3, -0.25) is 14.2 Å². The van der Waals surface area contributed by atoms with Gasteiger partial charge in [0.25, 0.3) is 0 Å². The summed E-state index contributed by atoms with van der Waals surface area (Å²) in [5, 5.41) is 0.385. The summed E-state index contributed by atoms with van der Waals surface area (Å²) in [4.78, 5) is 40.0. The number of alkyl halides is 1. The average Bonchev–Trinajstić information content (AvgIpc) is 2.83. The lowest BCUT2D eigenvalue weighted by Gasteiger charge is -2.18. The standard InChI is InChI=1S/C26H30ClFN4O3/c1-5-6-16(2)35-22-12-9-18(14-29-22)23-30-24(32-25(34)31-23)19-13-17(7-10-20(19)27)8-11-21(33)26(3,4)15-28/h7,9-10,12-14,16H,5-6,8,11,15H2,1-4H3,(H,30,31,32,34)/t16-/m0/s1. The van der Waals surface area contributed by atoms with E-state index in [1.807, 2.05) is 6.92 Å². The molecule has 0 amide bonds. The summed E-state index contributed by atoms with van der Waals surface area (Å²) < 4.78 is 18.9. The highest BCUT2D eigenvalue weighted by Crippen LogP contribution is 2.28. The van der Waals surface area contributed by atoms with Gasteiger partial charge in [0.05, 0.1) is 16.5 Å². The summed E-state index contributed by atoms with van der Waals surface area (Å²) >= 11 is 6.41. The zero-order valence-electron chi connectivity index (χ0n) is 20.4. The average molecular weight is 501 g/mol. The zero-order valence-corrected chi connectivity index (χ0v) is 21.2. The first-order valence-electron chi connectivity index (χ1n) is 11.6. The molecule has 2 heterocycles. The molecule has 7 nitrogen and oxygen atoms in total. The van der Waals surface area contributed by atoms with Gasteiger partial charge in [-0.25, -0.2) is 14.8 Å². The van der Waals surface area contributed by atoms with Crippen LogP contribution in [0.15, 0.2) is 41.3 Å². The molecule has 1 atom stereocenters. The molecule has 3 aromatic rings. The number of carbonyl (C=O) groups excluding carboxylic acids is 1. The number of aromatic nitrogens is 4. The lowest BCUT2D eigenvalue weighted by atomic mass is 9.86. The van der Waals surface area contributed by atoms with E-state index < -0.39 is 17.8 Å². The maximum absolute atomic E-state index is 13.1. The topological polar surface area (TPSA) is 97.8 Å². The summed E-state index contributed by atoms with van der Waals surface area (Å²) in [5.74, 6) is 0.782. The van der Waals surface area contributed by atoms with Crippen molar-refractivity contribution in [1.29, 1.82) is 0 Å². The van der Waals surface area contributed by atoms with E-state index in [1.165, 1.54) is 0 Å². The van der Waals surface area contributed by atoms with Crippen LogP contribution < -0.4 is 10.4 Å². The van der Waals surface area contributed by atoms with Crippen LogP contribution in [-0.4, -0.2) is 38.5 Å². The number of pyridine rings is 1. The van der Waals surface area contributed by atoms with Crippen molar-refractivity contribution in [2.75, 3.05) is 6.67 Å². The Labute approximate surface area is 209 Å². The number of Topliss-reactive ketones (excluding diaryl/α,β-unsaturated/α-hetero) is 1. The molecule has 0 saturated heterocycles. The van der Waals surface area contributed by atoms with Gasteiger partial charge in [0.2, 0.25) is 5.88 Å². The van der Waals surface area contributed by atoms with E-state index in [1.54, 1.807) is 50.4 Å². The number of ether oxygens (including phenoxy) is 1. The van der Waals surface area contributed by atoms with E-state index >= 15 is 0 Å². The van der Waals surface area contributed by atoms with Gasteiger partial charge in [-0.15, -0.1) is 0 Å². The number of nitrogens with one attached hydrogen (secondary N) is 1. The second kappa shape index (κ2) is 11.5. The second-order valence-corrected chi connectivity index (χ2v) is 9.59. The van der Waals surface area contributed by atoms with Gasteiger partial charge in [0, 0.05) is 29.8 Å². The molecule has 0 aliphatic heterocycles. The molecule has 35 heavy (non-hydrogen) atoms. The molecule has 3 rings (SSSR count). The van der Waals surface area contributed by atoms with Gasteiger partial charge in [-0.05, 0) is 43.5 Å². The molecule has 1 N–H and O–H groups in total. The number of rotatable bonds is 11. The van der Waals surface area contributed by atoms with Crippen molar-refractivity contribution in [3.8, 4) is 28.7 Å². The van der Waals surface area contributed by atoms with Crippen LogP contribution in [0.3, 0.4) is 0 Å². The predicted octanol–water partition coefficient (Wildman–Crippen LogP) is 5.61. The molecule has 186 valence electrons. The quantitative estimate of drug-likeness (QED) is 0.367. The monoisotopic (exact) mass is 500 g/mol. The van der Waals surface area contributed by atoms with Gasteiger partial charge < -0.3 is 4.74 Å². The summed E-state index contributed by atoms with van der Waals surface area (Å²) in [6, 6.07) is 8.71. The van der Waals surface area contributed by atoms with Gasteiger partial charge in [0.15, 0.2) is 5.82 Å². The number of nitrogens with zero attached hydrogens (tertiary/aromatic N) is 3. The van der Waals surface area contributed by atoms with E-state index in [2.05, 4.69) is 26.9 Å². The summed E-state index contributed by atoms with van der Waals surface area (Å²) in [6.45, 7) is 6.56. The Morgan fingerprint density at radius 1 is 1.23 bits per heavy atom. The highest BCUT2D eigenvalue weighted by Gasteiger charge is 2.26. The van der Waals surface area contributed by atoms with E-state index in [0.717, 1.165) is 18.4 Å². The minimum absolute atomic E-state index is 0.0496. The van der Waals surface area contributed by atoms with Crippen LogP contribution in [0.5, 0.6) is 5.88 Å². The van der Waals surface area contributed by atoms with Crippen LogP contribution in [0.25, 0.3) is 22.8 Å². The second-order valence-electron chi connectivity index (χ2n) is 9.18. The van der Waals surface area contributed by atoms with Crippen molar-refractivity contribution in [2.24, 2.45) is 5.41 Å². The Morgan fingerprint density at radius 3 is 2.66 bits per heavy atom. The minimum atomic E-state index is -1.01. The number of halogens is 2. The lowest BCUT2D eigenvalue weighted by molar-refractivity contribution is -0.127. The maximum atomic E-state index is 13.1. The number of ketones is 1. The first-order valence-corrected chi connectivity index (χ1v) is 12.0. The van der Waals surface area contributed by atoms with Gasteiger partial charge in [-0.1, -0.05) is 44.9 Å². The van der Waals surface area contributed by atoms with Crippen LogP contribution in [0.4, 0.5) is 4.39 Å². The number of hydrogen-bond acceptors (Lipinski definition) is 6. The van der Waals surface area contributed by atoms with Crippen molar-refractivity contribution >= 4 is 17.4 Å². The SMILES string of the molecule is CCC[C@H](C)Oc1ccc(-c2nc(-c3cc(CCC(=O)C(C)(C)CF)ccc3Cl)[nH]c(=O)n2)cn1. The van der Waals surface area contributed by atoms with Crippen LogP contribution in [0.1, 0.15) is 52.5 Å². The van der Waals surface area contributed by atoms with Crippen molar-refractivity contribution in [3.63, 3.8) is 0 Å². The minimum Gasteiger partial charge on any atom is -0.475 e. The van der Waals surface area contributed by atoms with Crippen molar-refractivity contribution in [2.45, 2.75) is 59.5 Å². The predicted molar refractivity (Wildman–Crippen MR) is 134 cm³/mol. The smallest absolute Gasteiger partial charge is 0.348 e. The Hall–Kier alpha value is -3.13. The third-order valence-electron chi connectivity index (χ3n) is 5.68. The van der Waals surface area contributed by atoms with Crippen LogP contribution >= 0.6 is 11.6 Å². The molecule has 1 aromatic carbocycles. The molecule has 0 saturated carbocycles. The van der Waals surface area contributed by atoms with Gasteiger partial charge in [0.1, 0.15) is 18.3 Å². The number of aryl methyl sites for hydroxylation is 1. The molecule has 9 heteroatoms. The summed E-state index contributed by atoms with van der Waals surface area (Å²) in [6.07, 6.45) is 4.15. The van der Waals surface area contributed by atoms with Crippen LogP contribution in [-0.2, 0) is 11.2 Å². The van der Waals surface area contributed by atoms with E-state index in [4.69, 9.17) is 16.3 Å². The fourth-order valence-electron chi connectivity index (χ4n) is 3.47. The third-order valence-corrected chi connectivity index (χ3v) is 6.01. The van der Waals surface area contributed by atoms with Gasteiger partial charge >= 0.3 is 5.69 Å². The molecular formula is C26H30ClFN4O3. The lowest BCUT2D eigenvalue weighted by Crippen LogP contribution is -2.26. The molecule has 0 bridgehead atoms. The van der Waals surface area contributed by atoms with Crippen molar-refractivity contribution in [1.82, 2.24) is 19.9 Å². The summed E-state index contributed by atoms with van der Waals surface area (Å²) in [5.41, 5.74) is 0.286. The molecule has 0 fully saturated rings. The largest absolute Gasteiger partial charge is 0.475 e. The number of H-pyrrole nitrogens is 1. The maximum Gasteiger partial charge on any atom is 0.348 e. The molecule has 0 radical (unpaired) electrons. The van der Waals surface area contributed by atoms with Crippen molar-refractivity contribution < 1.29 is 13.9 Å². The number of benzene rings is 1. The highest BCUT2D eigenvalue weighted by molar-refractivity contribution is 6.33. The number of hydrogen-bond donors (Lipinski definition) is 1. The fraction of sp³-hybridized carbons (Fsp3) is 0.423. The first-order chi connectivity index (χ1) is 16.6. The fourth-order valence-corrected chi connectivity index (χ4v) is 3.68. The number of aromatic amines is 1. The normalized spacial score (nSPS) is 12.4. The summed E-state index contributed by atoms with van der Waals surface area (Å²) in [7, 11) is 0. The highest BCUT2D eigenvalue weighted by atomic mass is 35.5. The van der Waals surface area contributed by atoms with Gasteiger partial charge in [-0.2, -0.15) is 4.98 Å². The number of carbonyl (C=O) groups is 1. The zero-order chi connectivity index (χ0) is 25.6. The molecule has 0 unspecified atom stereocenters. The van der Waals surface area contributed by atoms with Crippen LogP contribution in [0, 0.1) is 5.41 Å². The van der Waals surface area contributed by atoms with E-state index in [0.29, 0.717) is 28.5 Å². The molecule has 0 aliphatic rings. The Kier molecular flexibility index (Phi) is 8.72. The first kappa shape index (κ1) is 26.5. The Bertz CT molecular complexity index is 1230. The Balaban J connectivity index is 1.85. The molecule has 0 spiro atoms. The molecular weight excluding hydrogens is 471 g/mol. The van der Waals surface area contributed by atoms with Crippen LogP contribution in [0.2, 0.25) is 5.02 Å². The molecule has 0 aliphatic carbocycles. The Morgan fingerprint density at radius 2 is 2.00 bits per heavy atom. The van der Waals surface area contributed by atoms with E-state index in [-0.39, 0.29) is 30.0 Å². The third kappa shape index (κ3) is 6.94. The van der Waals surface area contributed by atoms with Crippen molar-refractivity contribution in [3.05, 3.63) is 57.6 Å².